The van der Waals surface area contributed by atoms with Crippen molar-refractivity contribution in [2.24, 2.45) is 0 Å². The number of methoxy groups -OCH3 is 1. The first kappa shape index (κ1) is 16.3. The van der Waals surface area contributed by atoms with Crippen LogP contribution in [0.1, 0.15) is 18.1 Å². The Balaban J connectivity index is 2.59. The third-order valence-corrected chi connectivity index (χ3v) is 2.91. The number of nitrogens with one attached hydrogen (secondary N) is 2. The van der Waals surface area contributed by atoms with Gasteiger partial charge in [0.15, 0.2) is 0 Å². The maximum Gasteiger partial charge on any atom is 0.224 e. The summed E-state index contributed by atoms with van der Waals surface area (Å²) in [5, 5.41) is 5.90. The summed E-state index contributed by atoms with van der Waals surface area (Å²) in [6.07, 6.45) is 0.185. The van der Waals surface area contributed by atoms with E-state index in [0.717, 1.165) is 11.1 Å². The van der Waals surface area contributed by atoms with E-state index in [2.05, 4.69) is 10.6 Å². The third kappa shape index (κ3) is 5.09. The van der Waals surface area contributed by atoms with Crippen LogP contribution in [0, 0.1) is 6.92 Å². The van der Waals surface area contributed by atoms with Crippen LogP contribution in [-0.4, -0.2) is 32.0 Å². The van der Waals surface area contributed by atoms with Gasteiger partial charge in [0.25, 0.3) is 0 Å². The van der Waals surface area contributed by atoms with Gasteiger partial charge in [-0.05, 0) is 24.6 Å². The Morgan fingerprint density at radius 2 is 1.90 bits per heavy atom. The van der Waals surface area contributed by atoms with Crippen molar-refractivity contribution in [2.75, 3.05) is 20.2 Å². The second-order valence-electron chi connectivity index (χ2n) is 4.42. The van der Waals surface area contributed by atoms with Gasteiger partial charge in [-0.25, -0.2) is 0 Å². The lowest BCUT2D eigenvalue weighted by Crippen LogP contribution is -2.34. The predicted molar refractivity (Wildman–Crippen MR) is 78.1 cm³/mol. The first-order valence-electron chi connectivity index (χ1n) is 6.28. The van der Waals surface area contributed by atoms with E-state index in [-0.39, 0.29) is 18.2 Å². The molecule has 0 saturated heterocycles. The van der Waals surface area contributed by atoms with Crippen LogP contribution in [0.2, 0.25) is 5.02 Å². The van der Waals surface area contributed by atoms with Crippen LogP contribution in [-0.2, 0) is 16.0 Å². The summed E-state index contributed by atoms with van der Waals surface area (Å²) in [6, 6.07) is 3.51. The van der Waals surface area contributed by atoms with Gasteiger partial charge in [0.2, 0.25) is 11.8 Å². The zero-order valence-corrected chi connectivity index (χ0v) is 12.6. The Kier molecular flexibility index (Phi) is 6.31. The van der Waals surface area contributed by atoms with Gasteiger partial charge in [0.1, 0.15) is 5.75 Å². The number of aryl methyl sites for hydroxylation is 1. The SMILES string of the molecule is COc1c(C)cc(Cl)cc1CC(=O)NCCNC(C)=O. The minimum Gasteiger partial charge on any atom is -0.496 e. The molecule has 1 aromatic carbocycles. The van der Waals surface area contributed by atoms with Gasteiger partial charge in [0, 0.05) is 30.6 Å². The second-order valence-corrected chi connectivity index (χ2v) is 4.86. The summed E-state index contributed by atoms with van der Waals surface area (Å²) in [5.41, 5.74) is 1.63. The smallest absolute Gasteiger partial charge is 0.224 e. The molecule has 2 N–H and O–H groups in total. The number of hydrogen-bond donors (Lipinski definition) is 2. The van der Waals surface area contributed by atoms with Crippen LogP contribution < -0.4 is 15.4 Å². The van der Waals surface area contributed by atoms with Gasteiger partial charge in [-0.15, -0.1) is 0 Å². The Labute approximate surface area is 123 Å². The van der Waals surface area contributed by atoms with E-state index in [0.29, 0.717) is 23.9 Å². The van der Waals surface area contributed by atoms with E-state index < -0.39 is 0 Å². The van der Waals surface area contributed by atoms with Crippen LogP contribution in [0.15, 0.2) is 12.1 Å². The van der Waals surface area contributed by atoms with Crippen molar-refractivity contribution < 1.29 is 14.3 Å². The number of carbonyl (C=O) groups excluding carboxylic acids is 2. The summed E-state index contributed by atoms with van der Waals surface area (Å²) >= 11 is 5.99. The molecule has 0 unspecified atom stereocenters. The fourth-order valence-corrected chi connectivity index (χ4v) is 2.19. The zero-order chi connectivity index (χ0) is 15.1. The van der Waals surface area contributed by atoms with E-state index in [9.17, 15) is 9.59 Å². The summed E-state index contributed by atoms with van der Waals surface area (Å²) < 4.78 is 5.29. The average Bonchev–Trinajstić information content (AvgIpc) is 2.34. The van der Waals surface area contributed by atoms with E-state index in [1.54, 1.807) is 19.2 Å². The summed E-state index contributed by atoms with van der Waals surface area (Å²) in [7, 11) is 1.56. The second kappa shape index (κ2) is 7.75. The van der Waals surface area contributed by atoms with Crippen molar-refractivity contribution in [1.29, 1.82) is 0 Å². The topological polar surface area (TPSA) is 67.4 Å². The largest absolute Gasteiger partial charge is 0.496 e. The third-order valence-electron chi connectivity index (χ3n) is 2.69. The minimum atomic E-state index is -0.143. The van der Waals surface area contributed by atoms with Crippen LogP contribution in [0.5, 0.6) is 5.75 Å². The molecule has 110 valence electrons. The van der Waals surface area contributed by atoms with E-state index >= 15 is 0 Å². The van der Waals surface area contributed by atoms with Crippen LogP contribution >= 0.6 is 11.6 Å². The van der Waals surface area contributed by atoms with Crippen molar-refractivity contribution in [3.05, 3.63) is 28.3 Å². The number of halogens is 1. The quantitative estimate of drug-likeness (QED) is 0.781. The van der Waals surface area contributed by atoms with E-state index in [1.807, 2.05) is 6.92 Å². The molecular formula is C14H19ClN2O3. The molecule has 5 nitrogen and oxygen atoms in total. The normalized spacial score (nSPS) is 10.0. The molecule has 0 atom stereocenters. The molecule has 0 radical (unpaired) electrons. The number of ether oxygens (including phenoxy) is 1. The lowest BCUT2D eigenvalue weighted by atomic mass is 10.1. The van der Waals surface area contributed by atoms with Gasteiger partial charge in [-0.3, -0.25) is 9.59 Å². The molecule has 2 amide bonds. The maximum atomic E-state index is 11.8. The molecule has 6 heteroatoms. The molecule has 20 heavy (non-hydrogen) atoms. The highest BCUT2D eigenvalue weighted by Gasteiger charge is 2.12. The molecule has 1 rings (SSSR count). The minimum absolute atomic E-state index is 0.119. The number of rotatable bonds is 6. The van der Waals surface area contributed by atoms with Gasteiger partial charge in [0.05, 0.1) is 13.5 Å². The van der Waals surface area contributed by atoms with E-state index in [1.165, 1.54) is 6.92 Å². The molecule has 0 bridgehead atoms. The number of benzene rings is 1. The molecule has 0 aliphatic rings. The highest BCUT2D eigenvalue weighted by molar-refractivity contribution is 6.30. The summed E-state index contributed by atoms with van der Waals surface area (Å²) in [6.45, 7) is 4.11. The standard InChI is InChI=1S/C14H19ClN2O3/c1-9-6-12(15)7-11(14(9)20-3)8-13(19)17-5-4-16-10(2)18/h6-7H,4-5,8H2,1-3H3,(H,16,18)(H,17,19). The highest BCUT2D eigenvalue weighted by Crippen LogP contribution is 2.27. The van der Waals surface area contributed by atoms with Crippen molar-refractivity contribution in [3.63, 3.8) is 0 Å². The first-order chi connectivity index (χ1) is 9.43. The predicted octanol–water partition coefficient (Wildman–Crippen LogP) is 1.45. The molecule has 0 aliphatic carbocycles. The highest BCUT2D eigenvalue weighted by atomic mass is 35.5. The summed E-state index contributed by atoms with van der Waals surface area (Å²) in [4.78, 5) is 22.5. The molecule has 0 fully saturated rings. The van der Waals surface area contributed by atoms with Gasteiger partial charge >= 0.3 is 0 Å². The molecular weight excluding hydrogens is 280 g/mol. The van der Waals surface area contributed by atoms with Crippen molar-refractivity contribution in [1.82, 2.24) is 10.6 Å². The number of carbonyl (C=O) groups is 2. The lowest BCUT2D eigenvalue weighted by Gasteiger charge is -2.12. The molecule has 1 aromatic rings. The molecule has 0 heterocycles. The zero-order valence-electron chi connectivity index (χ0n) is 11.9. The molecule has 0 saturated carbocycles. The number of hydrogen-bond acceptors (Lipinski definition) is 3. The van der Waals surface area contributed by atoms with Gasteiger partial charge in [-0.1, -0.05) is 11.6 Å². The van der Waals surface area contributed by atoms with Crippen molar-refractivity contribution in [2.45, 2.75) is 20.3 Å². The Hall–Kier alpha value is -1.75. The summed E-state index contributed by atoms with van der Waals surface area (Å²) in [5.74, 6) is 0.410. The monoisotopic (exact) mass is 298 g/mol. The Morgan fingerprint density at radius 3 is 2.50 bits per heavy atom. The Morgan fingerprint density at radius 1 is 1.25 bits per heavy atom. The van der Waals surface area contributed by atoms with Crippen LogP contribution in [0.25, 0.3) is 0 Å². The first-order valence-corrected chi connectivity index (χ1v) is 6.66. The maximum absolute atomic E-state index is 11.8. The van der Waals surface area contributed by atoms with Gasteiger partial charge < -0.3 is 15.4 Å². The number of amides is 2. The van der Waals surface area contributed by atoms with Crippen molar-refractivity contribution in [3.8, 4) is 5.75 Å². The van der Waals surface area contributed by atoms with Crippen LogP contribution in [0.4, 0.5) is 0 Å². The molecule has 0 aromatic heterocycles. The lowest BCUT2D eigenvalue weighted by molar-refractivity contribution is -0.121. The fourth-order valence-electron chi connectivity index (χ4n) is 1.90. The molecule has 0 spiro atoms. The van der Waals surface area contributed by atoms with Crippen molar-refractivity contribution >= 4 is 23.4 Å². The Bertz CT molecular complexity index is 503. The fraction of sp³-hybridized carbons (Fsp3) is 0.429. The molecule has 0 aliphatic heterocycles. The van der Waals surface area contributed by atoms with Gasteiger partial charge in [-0.2, -0.15) is 0 Å². The van der Waals surface area contributed by atoms with Crippen LogP contribution in [0.3, 0.4) is 0 Å². The van der Waals surface area contributed by atoms with E-state index in [4.69, 9.17) is 16.3 Å². The average molecular weight is 299 g/mol.